The fraction of sp³-hybridized carbons (Fsp3) is 0.444. The first-order valence-electron chi connectivity index (χ1n) is 8.50. The number of nitro benzene ring substituents is 1. The smallest absolute Gasteiger partial charge is 0.328 e. The number of nitro groups is 1. The predicted molar refractivity (Wildman–Crippen MR) is 94.8 cm³/mol. The van der Waals surface area contributed by atoms with Crippen molar-refractivity contribution in [2.75, 3.05) is 18.1 Å². The lowest BCUT2D eigenvalue weighted by atomic mass is 10.00. The fourth-order valence-corrected chi connectivity index (χ4v) is 3.47. The number of pyridine rings is 1. The maximum atomic E-state index is 12.3. The molecule has 0 amide bonds. The largest absolute Gasteiger partial charge is 0.464 e. The summed E-state index contributed by atoms with van der Waals surface area (Å²) in [5, 5.41) is 12.7. The van der Waals surface area contributed by atoms with E-state index in [9.17, 15) is 14.9 Å². The molecule has 2 aromatic rings. The number of ether oxygens (including phenoxy) is 1. The topological polar surface area (TPSA) is 85.6 Å². The maximum Gasteiger partial charge on any atom is 0.328 e. The van der Waals surface area contributed by atoms with Crippen molar-refractivity contribution in [3.63, 3.8) is 0 Å². The van der Waals surface area contributed by atoms with Crippen LogP contribution in [-0.4, -0.2) is 35.1 Å². The van der Waals surface area contributed by atoms with Gasteiger partial charge in [0.2, 0.25) is 0 Å². The van der Waals surface area contributed by atoms with Gasteiger partial charge in [-0.05, 0) is 45.2 Å². The molecule has 25 heavy (non-hydrogen) atoms. The molecule has 1 unspecified atom stereocenters. The Morgan fingerprint density at radius 1 is 1.36 bits per heavy atom. The lowest BCUT2D eigenvalue weighted by Crippen LogP contribution is -2.46. The number of hydrogen-bond donors (Lipinski definition) is 0. The molecule has 1 atom stereocenters. The van der Waals surface area contributed by atoms with Gasteiger partial charge in [0, 0.05) is 23.7 Å². The van der Waals surface area contributed by atoms with Crippen molar-refractivity contribution in [1.82, 2.24) is 4.98 Å². The molecule has 3 rings (SSSR count). The van der Waals surface area contributed by atoms with Crippen molar-refractivity contribution in [2.24, 2.45) is 0 Å². The van der Waals surface area contributed by atoms with Crippen LogP contribution in [0.5, 0.6) is 0 Å². The summed E-state index contributed by atoms with van der Waals surface area (Å²) in [6, 6.07) is 4.84. The zero-order valence-corrected chi connectivity index (χ0v) is 14.4. The number of piperidine rings is 1. The summed E-state index contributed by atoms with van der Waals surface area (Å²) in [4.78, 5) is 29.8. The van der Waals surface area contributed by atoms with Gasteiger partial charge >= 0.3 is 5.97 Å². The Hall–Kier alpha value is -2.70. The van der Waals surface area contributed by atoms with Gasteiger partial charge in [-0.3, -0.25) is 10.1 Å². The van der Waals surface area contributed by atoms with Gasteiger partial charge in [-0.2, -0.15) is 0 Å². The van der Waals surface area contributed by atoms with E-state index in [2.05, 4.69) is 4.98 Å². The summed E-state index contributed by atoms with van der Waals surface area (Å²) in [5.41, 5.74) is 0.695. The predicted octanol–water partition coefficient (Wildman–Crippen LogP) is 3.37. The number of nitrogens with zero attached hydrogens (tertiary/aromatic N) is 3. The molecule has 0 radical (unpaired) electrons. The van der Waals surface area contributed by atoms with Crippen LogP contribution in [0.15, 0.2) is 24.4 Å². The molecule has 0 bridgehead atoms. The molecule has 0 saturated carbocycles. The summed E-state index contributed by atoms with van der Waals surface area (Å²) in [5.74, 6) is 0.348. The van der Waals surface area contributed by atoms with Crippen LogP contribution in [0, 0.1) is 17.0 Å². The van der Waals surface area contributed by atoms with E-state index in [0.717, 1.165) is 12.8 Å². The van der Waals surface area contributed by atoms with Crippen LogP contribution < -0.4 is 4.90 Å². The highest BCUT2D eigenvalue weighted by Crippen LogP contribution is 2.35. The third kappa shape index (κ3) is 3.14. The molecular formula is C18H21N3O4. The highest BCUT2D eigenvalue weighted by molar-refractivity contribution is 6.00. The van der Waals surface area contributed by atoms with Crippen molar-refractivity contribution in [2.45, 2.75) is 39.2 Å². The number of anilines is 1. The van der Waals surface area contributed by atoms with Gasteiger partial charge in [0.05, 0.1) is 16.9 Å². The van der Waals surface area contributed by atoms with Gasteiger partial charge in [-0.25, -0.2) is 9.78 Å². The highest BCUT2D eigenvalue weighted by Gasteiger charge is 2.32. The molecule has 0 aliphatic carbocycles. The molecule has 0 spiro atoms. The van der Waals surface area contributed by atoms with Crippen LogP contribution in [0.3, 0.4) is 0 Å². The molecule has 0 N–H and O–H groups in total. The Balaban J connectivity index is 2.12. The minimum atomic E-state index is -0.396. The second-order valence-corrected chi connectivity index (χ2v) is 6.17. The molecule has 132 valence electrons. The van der Waals surface area contributed by atoms with Crippen LogP contribution in [-0.2, 0) is 9.53 Å². The van der Waals surface area contributed by atoms with Crippen LogP contribution >= 0.6 is 0 Å². The normalized spacial score (nSPS) is 17.5. The molecule has 7 heteroatoms. The Bertz CT molecular complexity index is 821. The number of carbonyl (C=O) groups excluding carboxylic acids is 1. The summed E-state index contributed by atoms with van der Waals surface area (Å²) in [6.45, 7) is 4.52. The van der Waals surface area contributed by atoms with E-state index in [1.54, 1.807) is 32.2 Å². The average Bonchev–Trinajstić information content (AvgIpc) is 2.60. The van der Waals surface area contributed by atoms with Gasteiger partial charge in [-0.15, -0.1) is 0 Å². The van der Waals surface area contributed by atoms with Crippen LogP contribution in [0.1, 0.15) is 31.7 Å². The third-order valence-corrected chi connectivity index (χ3v) is 4.61. The molecule has 7 nitrogen and oxygen atoms in total. The number of hydrogen-bond acceptors (Lipinski definition) is 6. The lowest BCUT2D eigenvalue weighted by Gasteiger charge is -2.35. The van der Waals surface area contributed by atoms with Crippen molar-refractivity contribution in [3.8, 4) is 0 Å². The van der Waals surface area contributed by atoms with Crippen molar-refractivity contribution in [1.29, 1.82) is 0 Å². The molecule has 1 aliphatic heterocycles. The van der Waals surface area contributed by atoms with Crippen molar-refractivity contribution < 1.29 is 14.5 Å². The zero-order valence-electron chi connectivity index (χ0n) is 14.4. The molecule has 1 aromatic heterocycles. The minimum absolute atomic E-state index is 0.0887. The Morgan fingerprint density at radius 2 is 2.16 bits per heavy atom. The highest BCUT2D eigenvalue weighted by atomic mass is 16.6. The van der Waals surface area contributed by atoms with Crippen LogP contribution in [0.2, 0.25) is 0 Å². The van der Waals surface area contributed by atoms with E-state index in [0.29, 0.717) is 41.7 Å². The van der Waals surface area contributed by atoms with Gasteiger partial charge in [0.1, 0.15) is 11.9 Å². The minimum Gasteiger partial charge on any atom is -0.464 e. The zero-order chi connectivity index (χ0) is 18.0. The number of fused-ring (bicyclic) bond motifs is 1. The van der Waals surface area contributed by atoms with E-state index in [-0.39, 0.29) is 16.6 Å². The van der Waals surface area contributed by atoms with Crippen LogP contribution in [0.25, 0.3) is 10.8 Å². The molecule has 1 aromatic carbocycles. The monoisotopic (exact) mass is 343 g/mol. The molecule has 2 heterocycles. The molecule has 1 saturated heterocycles. The second kappa shape index (κ2) is 7.04. The number of rotatable bonds is 4. The number of carbonyl (C=O) groups is 1. The number of aryl methyl sites for hydroxylation is 1. The van der Waals surface area contributed by atoms with E-state index in [1.165, 1.54) is 0 Å². The lowest BCUT2D eigenvalue weighted by molar-refractivity contribution is -0.383. The third-order valence-electron chi connectivity index (χ3n) is 4.61. The second-order valence-electron chi connectivity index (χ2n) is 6.17. The number of benzene rings is 1. The van der Waals surface area contributed by atoms with Gasteiger partial charge < -0.3 is 9.64 Å². The summed E-state index contributed by atoms with van der Waals surface area (Å²) >= 11 is 0. The number of aromatic nitrogens is 1. The van der Waals surface area contributed by atoms with E-state index in [4.69, 9.17) is 4.74 Å². The van der Waals surface area contributed by atoms with E-state index in [1.807, 2.05) is 11.0 Å². The average molecular weight is 343 g/mol. The molecule has 1 fully saturated rings. The Labute approximate surface area is 145 Å². The standard InChI is InChI=1S/C18H21N3O4/c1-3-25-18(22)15-6-4-5-11-20(15)17-14-8-7-12(2)16(21(23)24)13(14)9-10-19-17/h7-10,15H,3-6,11H2,1-2H3. The van der Waals surface area contributed by atoms with Gasteiger partial charge in [0.15, 0.2) is 0 Å². The van der Waals surface area contributed by atoms with E-state index < -0.39 is 6.04 Å². The fourth-order valence-electron chi connectivity index (χ4n) is 3.47. The Morgan fingerprint density at radius 3 is 2.88 bits per heavy atom. The maximum absolute atomic E-state index is 12.3. The molecular weight excluding hydrogens is 322 g/mol. The first kappa shape index (κ1) is 17.1. The quantitative estimate of drug-likeness (QED) is 0.481. The van der Waals surface area contributed by atoms with Crippen molar-refractivity contribution in [3.05, 3.63) is 40.1 Å². The Kier molecular flexibility index (Phi) is 4.83. The first-order valence-corrected chi connectivity index (χ1v) is 8.50. The first-order chi connectivity index (χ1) is 12.0. The van der Waals surface area contributed by atoms with Gasteiger partial charge in [0.25, 0.3) is 5.69 Å². The SMILES string of the molecule is CCOC(=O)C1CCCCN1c1nccc2c([N+](=O)[O-])c(C)ccc12. The van der Waals surface area contributed by atoms with Crippen molar-refractivity contribution >= 4 is 28.2 Å². The van der Waals surface area contributed by atoms with E-state index >= 15 is 0 Å². The summed E-state index contributed by atoms with van der Waals surface area (Å²) in [7, 11) is 0. The summed E-state index contributed by atoms with van der Waals surface area (Å²) in [6.07, 6.45) is 4.16. The number of esters is 1. The molecule has 1 aliphatic rings. The summed E-state index contributed by atoms with van der Waals surface area (Å²) < 4.78 is 5.21. The van der Waals surface area contributed by atoms with Gasteiger partial charge in [-0.1, -0.05) is 6.07 Å². The van der Waals surface area contributed by atoms with Crippen LogP contribution in [0.4, 0.5) is 11.5 Å².